The number of nitrogens with one attached hydrogen (secondary N) is 2. The lowest BCUT2D eigenvalue weighted by Crippen LogP contribution is -2.39. The molecule has 1 heterocycles. The predicted octanol–water partition coefficient (Wildman–Crippen LogP) is 3.81. The summed E-state index contributed by atoms with van der Waals surface area (Å²) in [6, 6.07) is 13.7. The van der Waals surface area contributed by atoms with Crippen molar-refractivity contribution in [3.05, 3.63) is 57.2 Å². The average Bonchev–Trinajstić information content (AvgIpc) is 2.97. The van der Waals surface area contributed by atoms with E-state index in [9.17, 15) is 5.11 Å². The summed E-state index contributed by atoms with van der Waals surface area (Å²) in [4.78, 5) is 5.36. The highest BCUT2D eigenvalue weighted by atomic mass is 127. The lowest BCUT2D eigenvalue weighted by molar-refractivity contribution is 0.184. The maximum atomic E-state index is 10.1. The van der Waals surface area contributed by atoms with Gasteiger partial charge < -0.3 is 15.7 Å². The number of benzene rings is 1. The number of nitrogens with zero attached hydrogens (tertiary/aromatic N) is 1. The van der Waals surface area contributed by atoms with Crippen LogP contribution in [0.1, 0.15) is 23.5 Å². The van der Waals surface area contributed by atoms with E-state index in [0.29, 0.717) is 23.4 Å². The Balaban J connectivity index is 0.00000264. The third-order valence-corrected chi connectivity index (χ3v) is 4.32. The molecule has 1 aromatic heterocycles. The van der Waals surface area contributed by atoms with Crippen molar-refractivity contribution in [1.29, 1.82) is 0 Å². The highest BCUT2D eigenvalue weighted by Gasteiger charge is 2.10. The Labute approximate surface area is 163 Å². The van der Waals surface area contributed by atoms with Gasteiger partial charge in [-0.05, 0) is 24.6 Å². The van der Waals surface area contributed by atoms with E-state index in [-0.39, 0.29) is 24.0 Å². The fraction of sp³-hybridized carbons (Fsp3) is 0.312. The average molecular weight is 466 g/mol. The van der Waals surface area contributed by atoms with Crippen molar-refractivity contribution >= 4 is 52.9 Å². The van der Waals surface area contributed by atoms with Crippen LogP contribution in [0.15, 0.2) is 47.5 Å². The zero-order valence-electron chi connectivity index (χ0n) is 12.8. The van der Waals surface area contributed by atoms with Crippen molar-refractivity contribution in [3.8, 4) is 0 Å². The number of halogens is 2. The molecule has 7 heteroatoms. The molecule has 0 saturated carbocycles. The van der Waals surface area contributed by atoms with Crippen molar-refractivity contribution in [1.82, 2.24) is 10.6 Å². The molecule has 0 fully saturated rings. The first-order chi connectivity index (χ1) is 10.7. The van der Waals surface area contributed by atoms with Gasteiger partial charge in [0, 0.05) is 18.0 Å². The molecule has 0 radical (unpaired) electrons. The number of hydrogen-bond acceptors (Lipinski definition) is 3. The van der Waals surface area contributed by atoms with Gasteiger partial charge in [-0.2, -0.15) is 0 Å². The zero-order chi connectivity index (χ0) is 15.8. The summed E-state index contributed by atoms with van der Waals surface area (Å²) in [5.41, 5.74) is 1.14. The summed E-state index contributed by atoms with van der Waals surface area (Å²) in [5.74, 6) is 0.688. The molecule has 1 unspecified atom stereocenters. The fourth-order valence-electron chi connectivity index (χ4n) is 1.90. The normalized spacial score (nSPS) is 12.4. The maximum absolute atomic E-state index is 10.1. The molecular weight excluding hydrogens is 445 g/mol. The third kappa shape index (κ3) is 7.07. The minimum Gasteiger partial charge on any atom is -0.386 e. The predicted molar refractivity (Wildman–Crippen MR) is 109 cm³/mol. The summed E-state index contributed by atoms with van der Waals surface area (Å²) in [5, 5.41) is 16.5. The van der Waals surface area contributed by atoms with Crippen molar-refractivity contribution in [2.45, 2.75) is 19.6 Å². The summed E-state index contributed by atoms with van der Waals surface area (Å²) in [6.45, 7) is 3.76. The van der Waals surface area contributed by atoms with Crippen LogP contribution < -0.4 is 10.6 Å². The summed E-state index contributed by atoms with van der Waals surface area (Å²) < 4.78 is 0.679. The van der Waals surface area contributed by atoms with Crippen molar-refractivity contribution in [2.75, 3.05) is 13.1 Å². The Hall–Kier alpha value is -0.830. The molecule has 0 saturated heterocycles. The number of hydrogen-bond donors (Lipinski definition) is 3. The standard InChI is InChI=1S/C16H20ClN3OS.HI/c1-2-18-16(19-10-12-6-4-3-5-7-12)20-11-13(21)14-8-9-15(17)22-14;/h3-9,13,21H,2,10-11H2,1H3,(H2,18,19,20);1H. The van der Waals surface area contributed by atoms with E-state index in [1.54, 1.807) is 6.07 Å². The molecule has 0 spiro atoms. The molecule has 0 aliphatic carbocycles. The van der Waals surface area contributed by atoms with Crippen LogP contribution in [0.25, 0.3) is 0 Å². The van der Waals surface area contributed by atoms with Crippen LogP contribution in [0.2, 0.25) is 4.34 Å². The smallest absolute Gasteiger partial charge is 0.191 e. The first-order valence-corrected chi connectivity index (χ1v) is 8.38. The van der Waals surface area contributed by atoms with E-state index in [1.165, 1.54) is 11.3 Å². The van der Waals surface area contributed by atoms with Crippen LogP contribution in [0.5, 0.6) is 0 Å². The van der Waals surface area contributed by atoms with Crippen molar-refractivity contribution in [3.63, 3.8) is 0 Å². The van der Waals surface area contributed by atoms with Gasteiger partial charge in [-0.3, -0.25) is 0 Å². The second-order valence-electron chi connectivity index (χ2n) is 4.72. The van der Waals surface area contributed by atoms with Gasteiger partial charge in [-0.25, -0.2) is 4.99 Å². The van der Waals surface area contributed by atoms with Crippen LogP contribution in [0, 0.1) is 0 Å². The summed E-state index contributed by atoms with van der Waals surface area (Å²) in [7, 11) is 0. The van der Waals surface area contributed by atoms with Crippen LogP contribution in [0.3, 0.4) is 0 Å². The van der Waals surface area contributed by atoms with Gasteiger partial charge in [-0.1, -0.05) is 41.9 Å². The Bertz CT molecular complexity index is 606. The zero-order valence-corrected chi connectivity index (χ0v) is 16.7. The quantitative estimate of drug-likeness (QED) is 0.345. The molecular formula is C16H21ClIN3OS. The number of aliphatic imine (C=N–C) groups is 1. The maximum Gasteiger partial charge on any atom is 0.191 e. The van der Waals surface area contributed by atoms with Gasteiger partial charge in [0.1, 0.15) is 6.10 Å². The molecule has 1 aromatic carbocycles. The number of guanidine groups is 1. The molecule has 1 atom stereocenters. The van der Waals surface area contributed by atoms with Gasteiger partial charge in [0.05, 0.1) is 10.9 Å². The molecule has 0 amide bonds. The van der Waals surface area contributed by atoms with E-state index >= 15 is 0 Å². The van der Waals surface area contributed by atoms with E-state index in [2.05, 4.69) is 15.6 Å². The van der Waals surface area contributed by atoms with E-state index in [1.807, 2.05) is 43.3 Å². The Morgan fingerprint density at radius 1 is 1.22 bits per heavy atom. The largest absolute Gasteiger partial charge is 0.386 e. The molecule has 3 N–H and O–H groups in total. The topological polar surface area (TPSA) is 56.7 Å². The molecule has 126 valence electrons. The summed E-state index contributed by atoms with van der Waals surface area (Å²) >= 11 is 7.27. The molecule has 2 aromatic rings. The molecule has 0 aliphatic rings. The molecule has 0 aliphatic heterocycles. The lowest BCUT2D eigenvalue weighted by Gasteiger charge is -2.14. The number of aliphatic hydroxyl groups is 1. The molecule has 2 rings (SSSR count). The van der Waals surface area contributed by atoms with Crippen LogP contribution >= 0.6 is 46.9 Å². The Morgan fingerprint density at radius 3 is 2.57 bits per heavy atom. The minimum atomic E-state index is -0.599. The van der Waals surface area contributed by atoms with Gasteiger partial charge in [0.25, 0.3) is 0 Å². The first-order valence-electron chi connectivity index (χ1n) is 7.18. The van der Waals surface area contributed by atoms with E-state index < -0.39 is 6.10 Å². The van der Waals surface area contributed by atoms with Gasteiger partial charge in [-0.15, -0.1) is 35.3 Å². The van der Waals surface area contributed by atoms with Crippen molar-refractivity contribution in [2.24, 2.45) is 4.99 Å². The van der Waals surface area contributed by atoms with Crippen molar-refractivity contribution < 1.29 is 5.11 Å². The lowest BCUT2D eigenvalue weighted by atomic mass is 10.2. The number of thiophene rings is 1. The monoisotopic (exact) mass is 465 g/mol. The van der Waals surface area contributed by atoms with E-state index in [0.717, 1.165) is 17.0 Å². The SMILES string of the molecule is CCNC(=NCc1ccccc1)NCC(O)c1ccc(Cl)s1.I. The van der Waals surface area contributed by atoms with Gasteiger partial charge >= 0.3 is 0 Å². The van der Waals surface area contributed by atoms with Crippen LogP contribution in [-0.2, 0) is 6.54 Å². The minimum absolute atomic E-state index is 0. The summed E-state index contributed by atoms with van der Waals surface area (Å²) in [6.07, 6.45) is -0.599. The van der Waals surface area contributed by atoms with Crippen LogP contribution in [0.4, 0.5) is 0 Å². The third-order valence-electron chi connectivity index (χ3n) is 2.99. The van der Waals surface area contributed by atoms with Crippen LogP contribution in [-0.4, -0.2) is 24.2 Å². The van der Waals surface area contributed by atoms with Gasteiger partial charge in [0.15, 0.2) is 5.96 Å². The van der Waals surface area contributed by atoms with E-state index in [4.69, 9.17) is 11.6 Å². The first kappa shape index (κ1) is 20.2. The second-order valence-corrected chi connectivity index (χ2v) is 6.47. The molecule has 23 heavy (non-hydrogen) atoms. The number of rotatable bonds is 6. The highest BCUT2D eigenvalue weighted by molar-refractivity contribution is 14.0. The Morgan fingerprint density at radius 2 is 1.96 bits per heavy atom. The molecule has 0 bridgehead atoms. The molecule has 4 nitrogen and oxygen atoms in total. The Kier molecular flexibility index (Phi) is 9.54. The fourth-order valence-corrected chi connectivity index (χ4v) is 2.94. The number of aliphatic hydroxyl groups excluding tert-OH is 1. The highest BCUT2D eigenvalue weighted by Crippen LogP contribution is 2.26. The van der Waals surface area contributed by atoms with Gasteiger partial charge in [0.2, 0.25) is 0 Å². The second kappa shape index (κ2) is 10.9.